The van der Waals surface area contributed by atoms with E-state index in [2.05, 4.69) is 281 Å². The molecule has 1 N–H and O–H groups in total. The van der Waals surface area contributed by atoms with Gasteiger partial charge in [-0.1, -0.05) is 283 Å². The molecular weight excluding hydrogens is 1150 g/mol. The van der Waals surface area contributed by atoms with Gasteiger partial charge < -0.3 is 24.1 Å². The van der Waals surface area contributed by atoms with Crippen molar-refractivity contribution in [2.75, 3.05) is 7.11 Å². The second kappa shape index (κ2) is 27.6. The van der Waals surface area contributed by atoms with Crippen LogP contribution in [0.2, 0.25) is 0 Å². The van der Waals surface area contributed by atoms with Crippen LogP contribution < -0.4 is 18.9 Å². The Labute approximate surface area is 555 Å². The maximum Gasteiger partial charge on any atom is 0.133 e. The van der Waals surface area contributed by atoms with Crippen molar-refractivity contribution in [1.82, 2.24) is 0 Å². The van der Waals surface area contributed by atoms with Crippen molar-refractivity contribution in [1.29, 1.82) is 0 Å². The Balaban J connectivity index is 0.657. The zero-order valence-corrected chi connectivity index (χ0v) is 54.1. The smallest absolute Gasteiger partial charge is 0.133 e. The van der Waals surface area contributed by atoms with E-state index in [1.165, 1.54) is 106 Å². The van der Waals surface area contributed by atoms with Crippen molar-refractivity contribution >= 4 is 0 Å². The van der Waals surface area contributed by atoms with Crippen LogP contribution in [-0.4, -0.2) is 12.2 Å². The van der Waals surface area contributed by atoms with E-state index < -0.39 is 16.9 Å². The van der Waals surface area contributed by atoms with Gasteiger partial charge in [-0.3, -0.25) is 0 Å². The average Bonchev–Trinajstić information content (AvgIpc) is 1.54. The van der Waals surface area contributed by atoms with E-state index in [1.54, 1.807) is 7.11 Å². The van der Waals surface area contributed by atoms with Crippen molar-refractivity contribution in [3.63, 3.8) is 0 Å². The van der Waals surface area contributed by atoms with Crippen LogP contribution in [-0.2, 0) is 17.4 Å². The third kappa shape index (κ3) is 12.0. The molecule has 0 radical (unpaired) electrons. The molecule has 94 heavy (non-hydrogen) atoms. The Hall–Kier alpha value is -10.2. The van der Waals surface area contributed by atoms with Gasteiger partial charge in [-0.05, 0) is 181 Å². The number of fused-ring (bicyclic) bond motifs is 6. The molecule has 5 nitrogen and oxygen atoms in total. The van der Waals surface area contributed by atoms with Gasteiger partial charge in [0.25, 0.3) is 0 Å². The second-order valence-electron chi connectivity index (χ2n) is 25.4. The highest BCUT2D eigenvalue weighted by Crippen LogP contribution is 2.58. The summed E-state index contributed by atoms with van der Waals surface area (Å²) in [6.07, 6.45) is 11.2. The van der Waals surface area contributed by atoms with E-state index in [0.29, 0.717) is 18.8 Å². The third-order valence-electron chi connectivity index (χ3n) is 19.6. The van der Waals surface area contributed by atoms with Crippen LogP contribution in [0.1, 0.15) is 138 Å². The van der Waals surface area contributed by atoms with Crippen LogP contribution in [0.3, 0.4) is 0 Å². The molecule has 0 bridgehead atoms. The minimum Gasteiger partial charge on any atom is -0.497 e. The van der Waals surface area contributed by atoms with Gasteiger partial charge in [0.15, 0.2) is 0 Å². The summed E-state index contributed by atoms with van der Waals surface area (Å²) < 4.78 is 25.5. The van der Waals surface area contributed by atoms with Gasteiger partial charge in [0, 0.05) is 5.56 Å². The average molecular weight is 1230 g/mol. The summed E-state index contributed by atoms with van der Waals surface area (Å²) in [5, 5.41) is 11.9. The summed E-state index contributed by atoms with van der Waals surface area (Å²) in [4.78, 5) is 0. The molecule has 0 saturated carbocycles. The summed E-state index contributed by atoms with van der Waals surface area (Å²) in [5.74, 6) is 4.57. The van der Waals surface area contributed by atoms with E-state index in [9.17, 15) is 5.11 Å². The fourth-order valence-corrected chi connectivity index (χ4v) is 14.8. The summed E-state index contributed by atoms with van der Waals surface area (Å²) in [5.41, 5.74) is 21.0. The molecule has 0 amide bonds. The summed E-state index contributed by atoms with van der Waals surface area (Å²) in [6, 6.07) is 101. The molecule has 466 valence electrons. The number of benzene rings is 12. The number of ether oxygens (including phenoxy) is 4. The standard InChI is InChI=1S/C89H80O5/c1-4-5-6-7-8-9-10-11-12-29-86(90)81-60-67(66-34-30-62(2)31-35-66)40-59-87(81)94-76-57-47-71(48-58-76)89(84-27-19-15-23-79(84)80-24-16-20-28-85(80)89)69-43-53-73(54-44-69)92-61-63-32-36-64(37-33-63)65-38-49-74(50-39-65)93-75-55-45-70(46-56-75)88(68-41-51-72(91-3)52-42-68)82-25-17-13-21-77(82)78-22-14-18-26-83(78)88/h13-28,30-60,86,90H,4-12,29,61H2,1-3H3. The number of aliphatic hydroxyl groups is 1. The lowest BCUT2D eigenvalue weighted by Gasteiger charge is -2.34. The number of hydrogen-bond donors (Lipinski definition) is 1. The van der Waals surface area contributed by atoms with Crippen LogP contribution >= 0.6 is 0 Å². The number of hydrogen-bond acceptors (Lipinski definition) is 5. The van der Waals surface area contributed by atoms with E-state index >= 15 is 0 Å². The molecule has 1 atom stereocenters. The SMILES string of the molecule is CCCCCCCCCCCC(O)c1cc(-c2ccc(C)cc2)ccc1Oc1ccc(C2(c3ccc(OCc4ccc(-c5ccc(Oc6ccc(C7(c8ccc(OC)cc8)c8ccccc8-c8ccccc87)cc6)cc5)cc4)cc3)c3ccccc3-c3ccccc32)cc1. The highest BCUT2D eigenvalue weighted by Gasteiger charge is 2.47. The Morgan fingerprint density at radius 1 is 0.351 bits per heavy atom. The summed E-state index contributed by atoms with van der Waals surface area (Å²) in [7, 11) is 1.71. The van der Waals surface area contributed by atoms with Gasteiger partial charge >= 0.3 is 0 Å². The van der Waals surface area contributed by atoms with E-state index in [0.717, 1.165) is 86.1 Å². The topological polar surface area (TPSA) is 57.2 Å². The molecule has 1 unspecified atom stereocenters. The first-order valence-corrected chi connectivity index (χ1v) is 33.7. The molecule has 12 aromatic rings. The van der Waals surface area contributed by atoms with Crippen molar-refractivity contribution < 1.29 is 24.1 Å². The number of rotatable bonds is 25. The van der Waals surface area contributed by atoms with Crippen molar-refractivity contribution in [3.8, 4) is 79.0 Å². The van der Waals surface area contributed by atoms with Crippen LogP contribution in [0.5, 0.6) is 34.5 Å². The zero-order chi connectivity index (χ0) is 63.9. The van der Waals surface area contributed by atoms with Gasteiger partial charge in [0.05, 0.1) is 24.0 Å². The molecule has 0 saturated heterocycles. The predicted octanol–water partition coefficient (Wildman–Crippen LogP) is 23.2. The molecular formula is C89H80O5. The minimum absolute atomic E-state index is 0.427. The molecule has 2 aliphatic rings. The maximum absolute atomic E-state index is 11.9. The highest BCUT2D eigenvalue weighted by molar-refractivity contribution is 5.88. The maximum atomic E-state index is 11.9. The Kier molecular flexibility index (Phi) is 18.0. The third-order valence-corrected chi connectivity index (χ3v) is 19.6. The predicted molar refractivity (Wildman–Crippen MR) is 384 cm³/mol. The fourth-order valence-electron chi connectivity index (χ4n) is 14.8. The van der Waals surface area contributed by atoms with Crippen LogP contribution in [0.15, 0.2) is 285 Å². The van der Waals surface area contributed by atoms with Crippen LogP contribution in [0.4, 0.5) is 0 Å². The van der Waals surface area contributed by atoms with E-state index in [1.807, 2.05) is 18.2 Å². The van der Waals surface area contributed by atoms with Gasteiger partial charge in [0.2, 0.25) is 0 Å². The molecule has 12 aromatic carbocycles. The Morgan fingerprint density at radius 3 is 1.17 bits per heavy atom. The highest BCUT2D eigenvalue weighted by atomic mass is 16.5. The van der Waals surface area contributed by atoms with Crippen molar-refractivity contribution in [2.45, 2.75) is 102 Å². The lowest BCUT2D eigenvalue weighted by molar-refractivity contribution is 0.160. The van der Waals surface area contributed by atoms with Crippen LogP contribution in [0, 0.1) is 6.92 Å². The van der Waals surface area contributed by atoms with Crippen LogP contribution in [0.25, 0.3) is 44.5 Å². The largest absolute Gasteiger partial charge is 0.497 e. The molecule has 0 aliphatic heterocycles. The summed E-state index contributed by atoms with van der Waals surface area (Å²) in [6.45, 7) is 4.81. The van der Waals surface area contributed by atoms with E-state index in [4.69, 9.17) is 18.9 Å². The molecule has 0 heterocycles. The molecule has 0 spiro atoms. The lowest BCUT2D eigenvalue weighted by atomic mass is 9.68. The summed E-state index contributed by atoms with van der Waals surface area (Å²) >= 11 is 0. The van der Waals surface area contributed by atoms with Gasteiger partial charge in [-0.2, -0.15) is 0 Å². The number of methoxy groups -OCH3 is 1. The Bertz CT molecular complexity index is 4440. The number of unbranched alkanes of at least 4 members (excludes halogenated alkanes) is 8. The first kappa shape index (κ1) is 61.3. The molecule has 5 heteroatoms. The fraction of sp³-hybridized carbons (Fsp3) is 0.191. The normalized spacial score (nSPS) is 13.3. The quantitative estimate of drug-likeness (QED) is 0.0578. The molecule has 2 aliphatic carbocycles. The van der Waals surface area contributed by atoms with Crippen molar-refractivity contribution in [2.24, 2.45) is 0 Å². The number of aryl methyl sites for hydroxylation is 1. The Morgan fingerprint density at radius 2 is 0.713 bits per heavy atom. The second-order valence-corrected chi connectivity index (χ2v) is 25.4. The minimum atomic E-state index is -0.649. The van der Waals surface area contributed by atoms with Crippen molar-refractivity contribution in [3.05, 3.63) is 346 Å². The molecule has 0 fully saturated rings. The molecule has 0 aromatic heterocycles. The van der Waals surface area contributed by atoms with E-state index in [-0.39, 0.29) is 0 Å². The first-order valence-electron chi connectivity index (χ1n) is 33.7. The van der Waals surface area contributed by atoms with Gasteiger partial charge in [0.1, 0.15) is 41.1 Å². The lowest BCUT2D eigenvalue weighted by Crippen LogP contribution is -2.28. The number of aliphatic hydroxyl groups excluding tert-OH is 1. The molecule has 14 rings (SSSR count). The first-order chi connectivity index (χ1) is 46.3. The van der Waals surface area contributed by atoms with Gasteiger partial charge in [-0.25, -0.2) is 0 Å². The zero-order valence-electron chi connectivity index (χ0n) is 54.1. The van der Waals surface area contributed by atoms with Gasteiger partial charge in [-0.15, -0.1) is 0 Å². The monoisotopic (exact) mass is 1230 g/mol.